The van der Waals surface area contributed by atoms with Crippen molar-refractivity contribution >= 4 is 11.6 Å². The molecule has 1 heterocycles. The molecule has 0 saturated carbocycles. The summed E-state index contributed by atoms with van der Waals surface area (Å²) in [6, 6.07) is 20.3. The summed E-state index contributed by atoms with van der Waals surface area (Å²) >= 11 is 0. The third-order valence-electron chi connectivity index (χ3n) is 3.87. The third-order valence-corrected chi connectivity index (χ3v) is 3.87. The number of hydrogen-bond donors (Lipinski definition) is 1. The van der Waals surface area contributed by atoms with Gasteiger partial charge in [0.2, 0.25) is 5.91 Å². The minimum atomic E-state index is 0.0152. The van der Waals surface area contributed by atoms with E-state index in [2.05, 4.69) is 22.5 Å². The van der Waals surface area contributed by atoms with Crippen LogP contribution in [0.25, 0.3) is 0 Å². The summed E-state index contributed by atoms with van der Waals surface area (Å²) in [6.07, 6.45) is 5.71. The van der Waals surface area contributed by atoms with Crippen molar-refractivity contribution in [1.82, 2.24) is 9.78 Å². The highest BCUT2D eigenvalue weighted by Crippen LogP contribution is 2.09. The molecule has 1 N–H and O–H groups in total. The highest BCUT2D eigenvalue weighted by atomic mass is 16.1. The van der Waals surface area contributed by atoms with Crippen LogP contribution in [-0.4, -0.2) is 15.7 Å². The summed E-state index contributed by atoms with van der Waals surface area (Å²) in [5.41, 5.74) is 3.20. The average molecular weight is 319 g/mol. The minimum absolute atomic E-state index is 0.0152. The Morgan fingerprint density at radius 2 is 1.54 bits per heavy atom. The second-order valence-electron chi connectivity index (χ2n) is 5.76. The van der Waals surface area contributed by atoms with Crippen molar-refractivity contribution in [3.63, 3.8) is 0 Å². The van der Waals surface area contributed by atoms with Gasteiger partial charge in [-0.15, -0.1) is 0 Å². The zero-order valence-electron chi connectivity index (χ0n) is 13.6. The van der Waals surface area contributed by atoms with Gasteiger partial charge in [0.1, 0.15) is 0 Å². The van der Waals surface area contributed by atoms with E-state index in [-0.39, 0.29) is 5.91 Å². The Labute approximate surface area is 142 Å². The van der Waals surface area contributed by atoms with Gasteiger partial charge in [0.05, 0.1) is 11.9 Å². The van der Waals surface area contributed by atoms with Crippen molar-refractivity contribution in [3.05, 3.63) is 84.2 Å². The minimum Gasteiger partial charge on any atom is -0.323 e. The van der Waals surface area contributed by atoms with Gasteiger partial charge < -0.3 is 5.32 Å². The Hall–Kier alpha value is -2.88. The van der Waals surface area contributed by atoms with E-state index >= 15 is 0 Å². The first-order chi connectivity index (χ1) is 11.8. The van der Waals surface area contributed by atoms with E-state index < -0.39 is 0 Å². The Kier molecular flexibility index (Phi) is 5.40. The topological polar surface area (TPSA) is 46.9 Å². The van der Waals surface area contributed by atoms with Gasteiger partial charge in [0.25, 0.3) is 0 Å². The first-order valence-corrected chi connectivity index (χ1v) is 8.20. The lowest BCUT2D eigenvalue weighted by molar-refractivity contribution is -0.116. The maximum atomic E-state index is 12.0. The smallest absolute Gasteiger partial charge is 0.224 e. The molecule has 0 fully saturated rings. The van der Waals surface area contributed by atoms with E-state index in [1.165, 1.54) is 11.1 Å². The summed E-state index contributed by atoms with van der Waals surface area (Å²) in [5.74, 6) is 0.0152. The van der Waals surface area contributed by atoms with Crippen LogP contribution in [0.1, 0.15) is 17.5 Å². The standard InChI is InChI=1S/C20H21N3O/c24-20(12-11-17-7-3-1-4-8-17)22-19-15-21-23(16-19)14-13-18-9-5-2-6-10-18/h1-10,15-16H,11-14H2,(H,22,24). The van der Waals surface area contributed by atoms with Gasteiger partial charge in [-0.1, -0.05) is 60.7 Å². The fourth-order valence-corrected chi connectivity index (χ4v) is 2.56. The van der Waals surface area contributed by atoms with Crippen molar-refractivity contribution in [3.8, 4) is 0 Å². The van der Waals surface area contributed by atoms with Crippen LogP contribution in [0.15, 0.2) is 73.1 Å². The summed E-state index contributed by atoms with van der Waals surface area (Å²) < 4.78 is 1.86. The maximum Gasteiger partial charge on any atom is 0.224 e. The van der Waals surface area contributed by atoms with Crippen molar-refractivity contribution in [1.29, 1.82) is 0 Å². The van der Waals surface area contributed by atoms with Gasteiger partial charge in [-0.3, -0.25) is 9.48 Å². The van der Waals surface area contributed by atoms with E-state index in [1.807, 2.05) is 59.4 Å². The number of nitrogens with zero attached hydrogens (tertiary/aromatic N) is 2. The van der Waals surface area contributed by atoms with Gasteiger partial charge in [0, 0.05) is 19.2 Å². The van der Waals surface area contributed by atoms with Gasteiger partial charge >= 0.3 is 0 Å². The monoisotopic (exact) mass is 319 g/mol. The van der Waals surface area contributed by atoms with Crippen LogP contribution in [0.4, 0.5) is 5.69 Å². The van der Waals surface area contributed by atoms with Crippen LogP contribution in [0.3, 0.4) is 0 Å². The molecule has 0 spiro atoms. The zero-order chi connectivity index (χ0) is 16.6. The number of benzene rings is 2. The average Bonchev–Trinajstić information content (AvgIpc) is 3.07. The molecule has 3 aromatic rings. The fraction of sp³-hybridized carbons (Fsp3) is 0.200. The molecule has 2 aromatic carbocycles. The second-order valence-corrected chi connectivity index (χ2v) is 5.76. The molecule has 122 valence electrons. The predicted molar refractivity (Wildman–Crippen MR) is 95.8 cm³/mol. The molecular formula is C20H21N3O. The number of carbonyl (C=O) groups excluding carboxylic acids is 1. The number of aryl methyl sites for hydroxylation is 3. The summed E-state index contributed by atoms with van der Waals surface area (Å²) in [7, 11) is 0. The molecule has 4 heteroatoms. The van der Waals surface area contributed by atoms with Crippen LogP contribution < -0.4 is 5.32 Å². The van der Waals surface area contributed by atoms with E-state index in [4.69, 9.17) is 0 Å². The third kappa shape index (κ3) is 4.81. The van der Waals surface area contributed by atoms with Crippen LogP contribution in [0.5, 0.6) is 0 Å². The largest absolute Gasteiger partial charge is 0.323 e. The molecule has 0 aliphatic carbocycles. The lowest BCUT2D eigenvalue weighted by atomic mass is 10.1. The number of amides is 1. The van der Waals surface area contributed by atoms with Crippen molar-refractivity contribution in [2.24, 2.45) is 0 Å². The molecule has 1 aromatic heterocycles. The second kappa shape index (κ2) is 8.11. The SMILES string of the molecule is O=C(CCc1ccccc1)Nc1cnn(CCc2ccccc2)c1. The fourth-order valence-electron chi connectivity index (χ4n) is 2.56. The quantitative estimate of drug-likeness (QED) is 0.722. The molecule has 0 atom stereocenters. The molecular weight excluding hydrogens is 298 g/mol. The number of rotatable bonds is 7. The molecule has 4 nitrogen and oxygen atoms in total. The Balaban J connectivity index is 1.46. The Morgan fingerprint density at radius 1 is 0.917 bits per heavy atom. The number of aromatic nitrogens is 2. The summed E-state index contributed by atoms with van der Waals surface area (Å²) in [4.78, 5) is 12.0. The molecule has 0 unspecified atom stereocenters. The lowest BCUT2D eigenvalue weighted by Gasteiger charge is -2.03. The molecule has 24 heavy (non-hydrogen) atoms. The molecule has 3 rings (SSSR count). The highest BCUT2D eigenvalue weighted by molar-refractivity contribution is 5.90. The lowest BCUT2D eigenvalue weighted by Crippen LogP contribution is -2.11. The summed E-state index contributed by atoms with van der Waals surface area (Å²) in [5, 5.41) is 7.21. The van der Waals surface area contributed by atoms with Gasteiger partial charge in [-0.2, -0.15) is 5.10 Å². The normalized spacial score (nSPS) is 10.5. The molecule has 0 bridgehead atoms. The summed E-state index contributed by atoms with van der Waals surface area (Å²) in [6.45, 7) is 0.796. The van der Waals surface area contributed by atoms with E-state index in [9.17, 15) is 4.79 Å². The Morgan fingerprint density at radius 3 is 2.21 bits per heavy atom. The Bertz CT molecular complexity index is 766. The highest BCUT2D eigenvalue weighted by Gasteiger charge is 2.05. The predicted octanol–water partition coefficient (Wildman–Crippen LogP) is 3.70. The number of anilines is 1. The van der Waals surface area contributed by atoms with Crippen molar-refractivity contribution < 1.29 is 4.79 Å². The first kappa shape index (κ1) is 16.0. The molecule has 0 saturated heterocycles. The zero-order valence-corrected chi connectivity index (χ0v) is 13.6. The van der Waals surface area contributed by atoms with Gasteiger partial charge in [-0.05, 0) is 24.0 Å². The number of nitrogens with one attached hydrogen (secondary N) is 1. The first-order valence-electron chi connectivity index (χ1n) is 8.20. The van der Waals surface area contributed by atoms with Crippen LogP contribution in [0, 0.1) is 0 Å². The van der Waals surface area contributed by atoms with Crippen molar-refractivity contribution in [2.45, 2.75) is 25.8 Å². The number of hydrogen-bond acceptors (Lipinski definition) is 2. The van der Waals surface area contributed by atoms with E-state index in [0.29, 0.717) is 6.42 Å². The molecule has 0 aliphatic heterocycles. The molecule has 0 radical (unpaired) electrons. The van der Waals surface area contributed by atoms with Crippen molar-refractivity contribution in [2.75, 3.05) is 5.32 Å². The molecule has 1 amide bonds. The van der Waals surface area contributed by atoms with Crippen LogP contribution in [0.2, 0.25) is 0 Å². The van der Waals surface area contributed by atoms with E-state index in [0.717, 1.165) is 25.1 Å². The number of carbonyl (C=O) groups is 1. The van der Waals surface area contributed by atoms with Crippen LogP contribution in [-0.2, 0) is 24.2 Å². The van der Waals surface area contributed by atoms with E-state index in [1.54, 1.807) is 6.20 Å². The van der Waals surface area contributed by atoms with Gasteiger partial charge in [0.15, 0.2) is 0 Å². The molecule has 0 aliphatic rings. The van der Waals surface area contributed by atoms with Gasteiger partial charge in [-0.25, -0.2) is 0 Å². The maximum absolute atomic E-state index is 12.0. The van der Waals surface area contributed by atoms with Crippen LogP contribution >= 0.6 is 0 Å².